The number of aliphatic hydroxyl groups excluding tert-OH is 1. The third-order valence-corrected chi connectivity index (χ3v) is 5.79. The van der Waals surface area contributed by atoms with Crippen molar-refractivity contribution < 1.29 is 19.4 Å². The minimum absolute atomic E-state index is 0.0733. The number of carbonyl (C=O) groups excluding carboxylic acids is 2. The van der Waals surface area contributed by atoms with Gasteiger partial charge in [-0.05, 0) is 47.7 Å². The van der Waals surface area contributed by atoms with E-state index in [1.54, 1.807) is 42.7 Å². The summed E-state index contributed by atoms with van der Waals surface area (Å²) in [5, 5.41) is 11.3. The predicted octanol–water partition coefficient (Wildman–Crippen LogP) is 5.05. The van der Waals surface area contributed by atoms with Crippen molar-refractivity contribution in [2.24, 2.45) is 5.92 Å². The normalized spacial score (nSPS) is 17.4. The van der Waals surface area contributed by atoms with Crippen LogP contribution in [-0.4, -0.2) is 33.3 Å². The lowest BCUT2D eigenvalue weighted by Gasteiger charge is -2.26. The van der Waals surface area contributed by atoms with Crippen molar-refractivity contribution in [3.05, 3.63) is 101 Å². The molecule has 0 bridgehead atoms. The van der Waals surface area contributed by atoms with E-state index in [0.29, 0.717) is 23.8 Å². The van der Waals surface area contributed by atoms with Crippen molar-refractivity contribution in [1.82, 2.24) is 9.88 Å². The molecule has 1 N–H and O–H groups in total. The predicted molar refractivity (Wildman–Crippen MR) is 130 cm³/mol. The average molecular weight is 457 g/mol. The summed E-state index contributed by atoms with van der Waals surface area (Å²) >= 11 is 0. The van der Waals surface area contributed by atoms with Gasteiger partial charge < -0.3 is 14.7 Å². The van der Waals surface area contributed by atoms with Crippen LogP contribution >= 0.6 is 0 Å². The van der Waals surface area contributed by atoms with Crippen LogP contribution in [0.3, 0.4) is 0 Å². The molecule has 34 heavy (non-hydrogen) atoms. The Hall–Kier alpha value is -3.93. The summed E-state index contributed by atoms with van der Waals surface area (Å²) in [7, 11) is 0. The van der Waals surface area contributed by atoms with E-state index in [9.17, 15) is 14.7 Å². The lowest BCUT2D eigenvalue weighted by molar-refractivity contribution is -0.140. The first-order valence-electron chi connectivity index (χ1n) is 11.3. The maximum atomic E-state index is 13.3. The summed E-state index contributed by atoms with van der Waals surface area (Å²) < 4.78 is 5.80. The highest BCUT2D eigenvalue weighted by Gasteiger charge is 2.46. The van der Waals surface area contributed by atoms with Crippen molar-refractivity contribution >= 4 is 17.4 Å². The number of nitrogens with zero attached hydrogens (tertiary/aromatic N) is 2. The van der Waals surface area contributed by atoms with Crippen LogP contribution in [0.5, 0.6) is 5.75 Å². The van der Waals surface area contributed by atoms with E-state index in [0.717, 1.165) is 16.7 Å². The molecule has 3 aromatic rings. The SMILES string of the molecule is Cc1ccccc1C1/C(=C(\O)c2cccc(OCC(C)C)c2)C(=O)C(=O)N1Cc1cccnc1. The zero-order chi connectivity index (χ0) is 24.2. The highest BCUT2D eigenvalue weighted by molar-refractivity contribution is 6.46. The molecular weight excluding hydrogens is 428 g/mol. The number of hydrogen-bond acceptors (Lipinski definition) is 5. The molecule has 1 unspecified atom stereocenters. The van der Waals surface area contributed by atoms with Gasteiger partial charge in [-0.25, -0.2) is 0 Å². The van der Waals surface area contributed by atoms with Crippen LogP contribution in [-0.2, 0) is 16.1 Å². The van der Waals surface area contributed by atoms with Gasteiger partial charge in [0.15, 0.2) is 0 Å². The second-order valence-electron chi connectivity index (χ2n) is 8.88. The fourth-order valence-electron chi connectivity index (χ4n) is 4.10. The topological polar surface area (TPSA) is 79.7 Å². The first-order chi connectivity index (χ1) is 16.4. The smallest absolute Gasteiger partial charge is 0.295 e. The molecule has 0 aliphatic carbocycles. The van der Waals surface area contributed by atoms with Gasteiger partial charge in [-0.3, -0.25) is 14.6 Å². The van der Waals surface area contributed by atoms with Crippen molar-refractivity contribution in [3.63, 3.8) is 0 Å². The summed E-state index contributed by atoms with van der Waals surface area (Å²) in [6.45, 7) is 6.76. The Morgan fingerprint density at radius 2 is 1.88 bits per heavy atom. The van der Waals surface area contributed by atoms with E-state index in [4.69, 9.17) is 4.74 Å². The van der Waals surface area contributed by atoms with Gasteiger partial charge >= 0.3 is 0 Å². The first-order valence-corrected chi connectivity index (χ1v) is 11.3. The zero-order valence-electron chi connectivity index (χ0n) is 19.6. The Morgan fingerprint density at radius 3 is 2.59 bits per heavy atom. The first kappa shape index (κ1) is 23.2. The molecule has 2 aromatic carbocycles. The summed E-state index contributed by atoms with van der Waals surface area (Å²) in [6.07, 6.45) is 3.33. The van der Waals surface area contributed by atoms with Crippen LogP contribution in [0.15, 0.2) is 78.6 Å². The maximum Gasteiger partial charge on any atom is 0.295 e. The van der Waals surface area contributed by atoms with Gasteiger partial charge in [-0.1, -0.05) is 56.3 Å². The Labute approximate surface area is 199 Å². The van der Waals surface area contributed by atoms with Crippen molar-refractivity contribution in [1.29, 1.82) is 0 Å². The fourth-order valence-corrected chi connectivity index (χ4v) is 4.10. The number of aliphatic hydroxyl groups is 1. The van der Waals surface area contributed by atoms with E-state index in [-0.39, 0.29) is 17.9 Å². The lowest BCUT2D eigenvalue weighted by Crippen LogP contribution is -2.29. The molecule has 1 fully saturated rings. The number of hydrogen-bond donors (Lipinski definition) is 1. The molecule has 6 nitrogen and oxygen atoms in total. The molecule has 1 atom stereocenters. The van der Waals surface area contributed by atoms with Crippen LogP contribution in [0.4, 0.5) is 0 Å². The molecule has 6 heteroatoms. The van der Waals surface area contributed by atoms with E-state index in [1.165, 1.54) is 4.90 Å². The van der Waals surface area contributed by atoms with E-state index in [1.807, 2.05) is 37.3 Å². The summed E-state index contributed by atoms with van der Waals surface area (Å²) in [6, 6.07) is 17.5. The second-order valence-corrected chi connectivity index (χ2v) is 8.88. The van der Waals surface area contributed by atoms with Crippen molar-refractivity contribution in [2.75, 3.05) is 6.61 Å². The molecule has 1 amide bonds. The van der Waals surface area contributed by atoms with Crippen LogP contribution in [0.25, 0.3) is 5.76 Å². The van der Waals surface area contributed by atoms with Crippen LogP contribution in [0.1, 0.15) is 42.1 Å². The number of pyridine rings is 1. The summed E-state index contributed by atoms with van der Waals surface area (Å²) in [5.74, 6) is -0.629. The zero-order valence-corrected chi connectivity index (χ0v) is 19.6. The summed E-state index contributed by atoms with van der Waals surface area (Å²) in [4.78, 5) is 32.1. The van der Waals surface area contributed by atoms with Crippen LogP contribution in [0.2, 0.25) is 0 Å². The minimum atomic E-state index is -0.721. The Morgan fingerprint density at radius 1 is 1.09 bits per heavy atom. The molecule has 0 radical (unpaired) electrons. The number of amides is 1. The molecule has 4 rings (SSSR count). The number of ether oxygens (including phenoxy) is 1. The third kappa shape index (κ3) is 4.71. The van der Waals surface area contributed by atoms with Gasteiger partial charge in [0.2, 0.25) is 0 Å². The maximum absolute atomic E-state index is 13.3. The van der Waals surface area contributed by atoms with Crippen molar-refractivity contribution in [3.8, 4) is 5.75 Å². The van der Waals surface area contributed by atoms with E-state index >= 15 is 0 Å². The van der Waals surface area contributed by atoms with Crippen molar-refractivity contribution in [2.45, 2.75) is 33.4 Å². The number of likely N-dealkylation sites (tertiary alicyclic amines) is 1. The van der Waals surface area contributed by atoms with Crippen LogP contribution < -0.4 is 4.74 Å². The van der Waals surface area contributed by atoms with E-state index in [2.05, 4.69) is 18.8 Å². The highest BCUT2D eigenvalue weighted by atomic mass is 16.5. The standard InChI is InChI=1S/C28H28N2O4/c1-18(2)17-34-22-11-6-10-21(14-22)26(31)24-25(23-12-5-4-8-19(23)3)30(28(33)27(24)32)16-20-9-7-13-29-15-20/h4-15,18,25,31H,16-17H2,1-3H3/b26-24+. The quantitative estimate of drug-likeness (QED) is 0.306. The van der Waals surface area contributed by atoms with Gasteiger partial charge in [0.25, 0.3) is 11.7 Å². The Kier molecular flexibility index (Phi) is 6.77. The van der Waals surface area contributed by atoms with Gasteiger partial charge in [0.1, 0.15) is 11.5 Å². The summed E-state index contributed by atoms with van der Waals surface area (Å²) in [5.41, 5.74) is 3.01. The third-order valence-electron chi connectivity index (χ3n) is 5.79. The largest absolute Gasteiger partial charge is 0.507 e. The minimum Gasteiger partial charge on any atom is -0.507 e. The second kappa shape index (κ2) is 9.91. The molecular formula is C28H28N2O4. The van der Waals surface area contributed by atoms with E-state index < -0.39 is 17.7 Å². The molecule has 174 valence electrons. The molecule has 0 spiro atoms. The Bertz CT molecular complexity index is 1230. The van der Waals surface area contributed by atoms with Gasteiger partial charge in [-0.15, -0.1) is 0 Å². The molecule has 0 saturated carbocycles. The fraction of sp³-hybridized carbons (Fsp3) is 0.250. The molecule has 1 aliphatic rings. The lowest BCUT2D eigenvalue weighted by atomic mass is 9.92. The monoisotopic (exact) mass is 456 g/mol. The number of ketones is 1. The molecule has 2 heterocycles. The van der Waals surface area contributed by atoms with Gasteiger partial charge in [-0.2, -0.15) is 0 Å². The number of rotatable bonds is 7. The number of aromatic nitrogens is 1. The highest BCUT2D eigenvalue weighted by Crippen LogP contribution is 2.41. The number of aryl methyl sites for hydroxylation is 1. The molecule has 1 aliphatic heterocycles. The van der Waals surface area contributed by atoms with Gasteiger partial charge in [0, 0.05) is 24.5 Å². The van der Waals surface area contributed by atoms with Crippen LogP contribution in [0, 0.1) is 12.8 Å². The number of carbonyl (C=O) groups is 2. The number of Topliss-reactive ketones (excluding diaryl/α,β-unsaturated/α-hetero) is 1. The average Bonchev–Trinajstić information content (AvgIpc) is 3.08. The molecule has 1 aromatic heterocycles. The van der Waals surface area contributed by atoms with Gasteiger partial charge in [0.05, 0.1) is 18.2 Å². The Balaban J connectivity index is 1.82. The molecule has 1 saturated heterocycles. The number of benzene rings is 2.